The van der Waals surface area contributed by atoms with Gasteiger partial charge in [-0.3, -0.25) is 4.79 Å². The normalized spacial score (nSPS) is 14.3. The zero-order valence-electron chi connectivity index (χ0n) is 18.3. The fourth-order valence-electron chi connectivity index (χ4n) is 3.97. The van der Waals surface area contributed by atoms with Gasteiger partial charge in [-0.05, 0) is 30.2 Å². The van der Waals surface area contributed by atoms with E-state index in [0.717, 1.165) is 16.8 Å². The molecule has 1 unspecified atom stereocenters. The third-order valence-corrected chi connectivity index (χ3v) is 5.62. The molecule has 6 nitrogen and oxygen atoms in total. The Bertz CT molecular complexity index is 1260. The van der Waals surface area contributed by atoms with Crippen molar-refractivity contribution in [3.63, 3.8) is 0 Å². The van der Waals surface area contributed by atoms with Crippen molar-refractivity contribution < 1.29 is 35.5 Å². The number of imidazole rings is 1. The summed E-state index contributed by atoms with van der Waals surface area (Å²) in [6, 6.07) is 2.31. The zero-order chi connectivity index (χ0) is 25.5. The number of rotatable bonds is 5. The minimum absolute atomic E-state index is 0. The number of nitrogens with two attached hydrogens (primary N) is 1. The molecular weight excluding hydrogens is 519 g/mol. The first kappa shape index (κ1) is 27.4. The lowest BCUT2D eigenvalue weighted by Crippen LogP contribution is -2.42. The highest BCUT2D eigenvalue weighted by atomic mass is 35.5. The fourth-order valence-corrected chi connectivity index (χ4v) is 3.97. The number of nitrogens with zero attached hydrogens (tertiary/aromatic N) is 4. The lowest BCUT2D eigenvalue weighted by atomic mass is 10.0. The molecule has 1 aliphatic heterocycles. The number of hydrogen-bond acceptors (Lipinski definition) is 4. The molecule has 0 radical (unpaired) electrons. The van der Waals surface area contributed by atoms with Crippen LogP contribution in [0.15, 0.2) is 30.5 Å². The maximum atomic E-state index is 13.9. The highest BCUT2D eigenvalue weighted by Gasteiger charge is 2.41. The van der Waals surface area contributed by atoms with Crippen LogP contribution in [0.3, 0.4) is 0 Å². The van der Waals surface area contributed by atoms with E-state index in [2.05, 4.69) is 9.97 Å². The van der Waals surface area contributed by atoms with Crippen LogP contribution in [0.2, 0.25) is 0 Å². The number of halogens is 8. The lowest BCUT2D eigenvalue weighted by molar-refractivity contribution is -0.148. The Morgan fingerprint density at radius 2 is 1.75 bits per heavy atom. The van der Waals surface area contributed by atoms with Crippen molar-refractivity contribution >= 4 is 18.3 Å². The molecule has 0 saturated carbocycles. The smallest absolute Gasteiger partial charge is 0.335 e. The van der Waals surface area contributed by atoms with Crippen molar-refractivity contribution in [2.45, 2.75) is 38.1 Å². The van der Waals surface area contributed by atoms with Gasteiger partial charge in [0.2, 0.25) is 17.7 Å². The van der Waals surface area contributed by atoms with Crippen molar-refractivity contribution in [2.75, 3.05) is 6.54 Å². The standard InChI is InChI=1S/C22H18F7N5O.ClH/c23-14-8-16(25)15(24)6-12(14)5-13(30)7-19(35)33-3-4-34-17(10-33)20(32-21(34)22(27,28)29)11-1-2-18(26)31-9-11;/h1-2,6,8-9,13H,3-5,7,10,30H2;1H. The largest absolute Gasteiger partial charge is 0.449 e. The molecule has 0 fully saturated rings. The summed E-state index contributed by atoms with van der Waals surface area (Å²) in [5.41, 5.74) is 5.86. The first-order valence-corrected chi connectivity index (χ1v) is 10.4. The molecule has 1 amide bonds. The molecule has 3 heterocycles. The number of aromatic nitrogens is 3. The minimum atomic E-state index is -4.76. The summed E-state index contributed by atoms with van der Waals surface area (Å²) in [6.07, 6.45) is -4.29. The van der Waals surface area contributed by atoms with Crippen molar-refractivity contribution in [1.29, 1.82) is 0 Å². The van der Waals surface area contributed by atoms with Crippen LogP contribution in [-0.2, 0) is 30.5 Å². The molecule has 0 spiro atoms. The van der Waals surface area contributed by atoms with E-state index in [1.165, 1.54) is 11.0 Å². The molecule has 36 heavy (non-hydrogen) atoms. The molecule has 0 bridgehead atoms. The lowest BCUT2D eigenvalue weighted by Gasteiger charge is -2.30. The molecule has 3 aromatic rings. The molecular formula is C22H19ClF7N5O. The molecule has 1 aliphatic rings. The van der Waals surface area contributed by atoms with Gasteiger partial charge in [0.25, 0.3) is 0 Å². The number of benzene rings is 1. The van der Waals surface area contributed by atoms with Crippen molar-refractivity contribution in [2.24, 2.45) is 5.73 Å². The number of alkyl halides is 3. The molecule has 194 valence electrons. The topological polar surface area (TPSA) is 77.0 Å². The quantitative estimate of drug-likeness (QED) is 0.300. The second kappa shape index (κ2) is 10.4. The highest BCUT2D eigenvalue weighted by molar-refractivity contribution is 5.85. The summed E-state index contributed by atoms with van der Waals surface area (Å²) in [5, 5.41) is 0. The second-order valence-electron chi connectivity index (χ2n) is 8.09. The van der Waals surface area contributed by atoms with Crippen LogP contribution >= 0.6 is 12.4 Å². The number of amides is 1. The predicted octanol–water partition coefficient (Wildman–Crippen LogP) is 4.24. The van der Waals surface area contributed by atoms with E-state index in [0.29, 0.717) is 12.1 Å². The van der Waals surface area contributed by atoms with E-state index in [4.69, 9.17) is 5.73 Å². The number of pyridine rings is 1. The molecule has 1 aromatic carbocycles. The Labute approximate surface area is 206 Å². The Morgan fingerprint density at radius 1 is 1.06 bits per heavy atom. The van der Waals surface area contributed by atoms with E-state index in [-0.39, 0.29) is 67.4 Å². The number of fused-ring (bicyclic) bond motifs is 1. The Hall–Kier alpha value is -3.19. The van der Waals surface area contributed by atoms with Crippen molar-refractivity contribution in [1.82, 2.24) is 19.4 Å². The first-order chi connectivity index (χ1) is 16.4. The Balaban J connectivity index is 0.00000361. The van der Waals surface area contributed by atoms with Gasteiger partial charge in [0, 0.05) is 43.4 Å². The van der Waals surface area contributed by atoms with E-state index in [9.17, 15) is 35.5 Å². The average molecular weight is 538 g/mol. The molecule has 0 saturated heterocycles. The van der Waals surface area contributed by atoms with Crippen LogP contribution < -0.4 is 5.73 Å². The molecule has 4 rings (SSSR count). The molecule has 0 aliphatic carbocycles. The van der Waals surface area contributed by atoms with Crippen LogP contribution in [0.1, 0.15) is 23.5 Å². The Kier molecular flexibility index (Phi) is 7.94. The van der Waals surface area contributed by atoms with Gasteiger partial charge in [-0.15, -0.1) is 12.4 Å². The monoisotopic (exact) mass is 537 g/mol. The minimum Gasteiger partial charge on any atom is -0.335 e. The maximum Gasteiger partial charge on any atom is 0.449 e. The van der Waals surface area contributed by atoms with Crippen molar-refractivity contribution in [3.05, 3.63) is 70.9 Å². The number of carbonyl (C=O) groups excluding carboxylic acids is 1. The van der Waals surface area contributed by atoms with Gasteiger partial charge in [-0.2, -0.15) is 17.6 Å². The van der Waals surface area contributed by atoms with Crippen molar-refractivity contribution in [3.8, 4) is 11.3 Å². The SMILES string of the molecule is Cl.NC(CC(=O)N1CCn2c(C(F)(F)F)nc(-c3ccc(F)nc3)c2C1)Cc1cc(F)c(F)cc1F. The summed E-state index contributed by atoms with van der Waals surface area (Å²) in [4.78, 5) is 21.2. The third kappa shape index (κ3) is 5.62. The van der Waals surface area contributed by atoms with E-state index < -0.39 is 47.3 Å². The summed E-state index contributed by atoms with van der Waals surface area (Å²) >= 11 is 0. The van der Waals surface area contributed by atoms with Gasteiger partial charge >= 0.3 is 6.18 Å². The van der Waals surface area contributed by atoms with Gasteiger partial charge in [0.15, 0.2) is 11.6 Å². The molecule has 14 heteroatoms. The number of hydrogen-bond donors (Lipinski definition) is 1. The second-order valence-corrected chi connectivity index (χ2v) is 8.09. The molecule has 1 atom stereocenters. The number of carbonyl (C=O) groups is 1. The highest BCUT2D eigenvalue weighted by Crippen LogP contribution is 2.35. The molecule has 2 N–H and O–H groups in total. The zero-order valence-corrected chi connectivity index (χ0v) is 19.1. The maximum absolute atomic E-state index is 13.9. The van der Waals surface area contributed by atoms with Gasteiger partial charge in [-0.1, -0.05) is 0 Å². The van der Waals surface area contributed by atoms with Gasteiger partial charge in [0.05, 0.1) is 17.9 Å². The Morgan fingerprint density at radius 3 is 2.39 bits per heavy atom. The average Bonchev–Trinajstić information content (AvgIpc) is 3.17. The van der Waals surface area contributed by atoms with Gasteiger partial charge in [0.1, 0.15) is 5.82 Å². The van der Waals surface area contributed by atoms with Gasteiger partial charge in [-0.25, -0.2) is 23.1 Å². The van der Waals surface area contributed by atoms with Crippen LogP contribution in [-0.4, -0.2) is 37.9 Å². The summed E-state index contributed by atoms with van der Waals surface area (Å²) in [5.74, 6) is -6.11. The van der Waals surface area contributed by atoms with Crippen LogP contribution in [0.25, 0.3) is 11.3 Å². The van der Waals surface area contributed by atoms with Gasteiger partial charge < -0.3 is 15.2 Å². The van der Waals surface area contributed by atoms with E-state index in [1.807, 2.05) is 0 Å². The molecule has 2 aromatic heterocycles. The summed E-state index contributed by atoms with van der Waals surface area (Å²) in [7, 11) is 0. The van der Waals surface area contributed by atoms with Crippen LogP contribution in [0, 0.1) is 23.4 Å². The van der Waals surface area contributed by atoms with Crippen LogP contribution in [0.5, 0.6) is 0 Å². The van der Waals surface area contributed by atoms with Crippen LogP contribution in [0.4, 0.5) is 30.7 Å². The third-order valence-electron chi connectivity index (χ3n) is 5.62. The van der Waals surface area contributed by atoms with E-state index >= 15 is 0 Å². The summed E-state index contributed by atoms with van der Waals surface area (Å²) < 4.78 is 95.2. The fraction of sp³-hybridized carbons (Fsp3) is 0.318. The van der Waals surface area contributed by atoms with E-state index in [1.54, 1.807) is 0 Å². The predicted molar refractivity (Wildman–Crippen MR) is 116 cm³/mol. The summed E-state index contributed by atoms with van der Waals surface area (Å²) in [6.45, 7) is -0.510. The first-order valence-electron chi connectivity index (χ1n) is 10.4.